The molecule has 1 fully saturated rings. The van der Waals surface area contributed by atoms with Gasteiger partial charge in [-0.15, -0.1) is 11.3 Å². The molecule has 0 spiro atoms. The third-order valence-corrected chi connectivity index (χ3v) is 4.85. The van der Waals surface area contributed by atoms with Crippen LogP contribution in [0.15, 0.2) is 5.38 Å². The zero-order chi connectivity index (χ0) is 15.7. The molecule has 1 aromatic rings. The fourth-order valence-corrected chi connectivity index (χ4v) is 3.66. The van der Waals surface area contributed by atoms with Crippen molar-refractivity contribution in [1.29, 1.82) is 0 Å². The fourth-order valence-electron chi connectivity index (χ4n) is 2.10. The van der Waals surface area contributed by atoms with Crippen molar-refractivity contribution in [2.75, 3.05) is 24.1 Å². The number of anilines is 1. The number of nitrogens with zero attached hydrogens (tertiary/aromatic N) is 2. The summed E-state index contributed by atoms with van der Waals surface area (Å²) in [6.07, 6.45) is 2.33. The van der Waals surface area contributed by atoms with Crippen molar-refractivity contribution in [3.8, 4) is 0 Å². The number of hydrogen-bond donors (Lipinski definition) is 2. The molecule has 1 aliphatic rings. The molecule has 2 N–H and O–H groups in total. The number of aromatic nitrogens is 1. The van der Waals surface area contributed by atoms with E-state index in [-0.39, 0.29) is 17.5 Å². The van der Waals surface area contributed by atoms with Crippen LogP contribution in [0.2, 0.25) is 0 Å². The van der Waals surface area contributed by atoms with Gasteiger partial charge in [0.05, 0.1) is 24.0 Å². The van der Waals surface area contributed by atoms with Gasteiger partial charge in [0.2, 0.25) is 15.9 Å². The van der Waals surface area contributed by atoms with E-state index in [0.717, 1.165) is 17.6 Å². The van der Waals surface area contributed by atoms with Crippen LogP contribution >= 0.6 is 11.3 Å². The summed E-state index contributed by atoms with van der Waals surface area (Å²) in [5.41, 5.74) is -0.141. The molecule has 21 heavy (non-hydrogen) atoms. The second-order valence-corrected chi connectivity index (χ2v) is 8.18. The summed E-state index contributed by atoms with van der Waals surface area (Å²) in [5, 5.41) is 11.8. The highest BCUT2D eigenvalue weighted by molar-refractivity contribution is 7.92. The third-order valence-electron chi connectivity index (χ3n) is 3.35. The van der Waals surface area contributed by atoms with Crippen LogP contribution in [-0.2, 0) is 21.2 Å². The molecule has 9 heteroatoms. The van der Waals surface area contributed by atoms with Crippen LogP contribution in [0.1, 0.15) is 25.5 Å². The molecule has 1 aromatic heterocycles. The summed E-state index contributed by atoms with van der Waals surface area (Å²) >= 11 is 1.15. The maximum Gasteiger partial charge on any atom is 0.231 e. The van der Waals surface area contributed by atoms with E-state index in [0.29, 0.717) is 31.6 Å². The molecule has 1 amide bonds. The molecule has 0 bridgehead atoms. The number of piperidine rings is 1. The summed E-state index contributed by atoms with van der Waals surface area (Å²) in [6.45, 7) is 2.84. The Kier molecular flexibility index (Phi) is 4.54. The molecule has 0 saturated carbocycles. The van der Waals surface area contributed by atoms with E-state index in [2.05, 4.69) is 9.71 Å². The van der Waals surface area contributed by atoms with Gasteiger partial charge in [0, 0.05) is 18.5 Å². The standard InChI is InChI=1S/C12H19N3O4S2/c1-12(17)3-5-15(6-4-12)10(16)7-9-8-20-11(13-9)14-21(2,18)19/h8,17H,3-7H2,1-2H3,(H,13,14). The monoisotopic (exact) mass is 333 g/mol. The number of amides is 1. The maximum absolute atomic E-state index is 12.1. The molecule has 2 heterocycles. The first kappa shape index (κ1) is 16.2. The van der Waals surface area contributed by atoms with Gasteiger partial charge in [0.25, 0.3) is 0 Å². The Hall–Kier alpha value is -1.19. The van der Waals surface area contributed by atoms with E-state index < -0.39 is 15.6 Å². The first-order valence-electron chi connectivity index (χ1n) is 6.57. The van der Waals surface area contributed by atoms with E-state index in [1.807, 2.05) is 0 Å². The highest BCUT2D eigenvalue weighted by Crippen LogP contribution is 2.22. The van der Waals surface area contributed by atoms with E-state index >= 15 is 0 Å². The van der Waals surface area contributed by atoms with Crippen LogP contribution in [-0.4, -0.2) is 54.3 Å². The summed E-state index contributed by atoms with van der Waals surface area (Å²) in [7, 11) is -3.35. The van der Waals surface area contributed by atoms with Gasteiger partial charge < -0.3 is 10.0 Å². The van der Waals surface area contributed by atoms with Crippen molar-refractivity contribution in [2.24, 2.45) is 0 Å². The Labute approximate surface area is 128 Å². The molecule has 0 atom stereocenters. The second kappa shape index (κ2) is 5.90. The lowest BCUT2D eigenvalue weighted by molar-refractivity contribution is -0.134. The van der Waals surface area contributed by atoms with Gasteiger partial charge in [0.15, 0.2) is 5.13 Å². The van der Waals surface area contributed by atoms with E-state index in [1.54, 1.807) is 17.2 Å². The molecule has 0 radical (unpaired) electrons. The number of carbonyl (C=O) groups excluding carboxylic acids is 1. The lowest BCUT2D eigenvalue weighted by atomic mass is 9.94. The first-order chi connectivity index (χ1) is 9.65. The molecular formula is C12H19N3O4S2. The van der Waals surface area contributed by atoms with Crippen LogP contribution in [0.4, 0.5) is 5.13 Å². The first-order valence-corrected chi connectivity index (χ1v) is 9.34. The van der Waals surface area contributed by atoms with Crippen LogP contribution in [0.5, 0.6) is 0 Å². The molecule has 2 rings (SSSR count). The number of nitrogens with one attached hydrogen (secondary N) is 1. The van der Waals surface area contributed by atoms with Crippen LogP contribution in [0, 0.1) is 0 Å². The maximum atomic E-state index is 12.1. The Balaban J connectivity index is 1.92. The zero-order valence-corrected chi connectivity index (χ0v) is 13.6. The van der Waals surface area contributed by atoms with Crippen molar-refractivity contribution >= 4 is 32.4 Å². The van der Waals surface area contributed by atoms with Crippen molar-refractivity contribution in [3.05, 3.63) is 11.1 Å². The number of sulfonamides is 1. The van der Waals surface area contributed by atoms with E-state index in [4.69, 9.17) is 0 Å². The van der Waals surface area contributed by atoms with E-state index in [1.165, 1.54) is 0 Å². The number of hydrogen-bond acceptors (Lipinski definition) is 6. The van der Waals surface area contributed by atoms with Crippen molar-refractivity contribution in [3.63, 3.8) is 0 Å². The fraction of sp³-hybridized carbons (Fsp3) is 0.667. The highest BCUT2D eigenvalue weighted by atomic mass is 32.2. The van der Waals surface area contributed by atoms with E-state index in [9.17, 15) is 18.3 Å². The molecule has 1 aliphatic heterocycles. The highest BCUT2D eigenvalue weighted by Gasteiger charge is 2.29. The molecule has 0 unspecified atom stereocenters. The normalized spacial score (nSPS) is 18.5. The van der Waals surface area contributed by atoms with Crippen molar-refractivity contribution in [2.45, 2.75) is 31.8 Å². The van der Waals surface area contributed by atoms with Gasteiger partial charge in [-0.2, -0.15) is 0 Å². The van der Waals surface area contributed by atoms with Gasteiger partial charge >= 0.3 is 0 Å². The van der Waals surface area contributed by atoms with Gasteiger partial charge in [-0.25, -0.2) is 13.4 Å². The average molecular weight is 333 g/mol. The van der Waals surface area contributed by atoms with Crippen LogP contribution < -0.4 is 4.72 Å². The summed E-state index contributed by atoms with van der Waals surface area (Å²) < 4.78 is 24.5. The number of aliphatic hydroxyl groups is 1. The molecular weight excluding hydrogens is 314 g/mol. The quantitative estimate of drug-likeness (QED) is 0.832. The molecule has 0 aromatic carbocycles. The lowest BCUT2D eigenvalue weighted by Crippen LogP contribution is -2.45. The Morgan fingerprint density at radius 2 is 2.14 bits per heavy atom. The number of rotatable bonds is 4. The predicted octanol–water partition coefficient (Wildman–Crippen LogP) is 0.430. The topological polar surface area (TPSA) is 99.6 Å². The SMILES string of the molecule is CC1(O)CCN(C(=O)Cc2csc(NS(C)(=O)=O)n2)CC1. The average Bonchev–Trinajstić information content (AvgIpc) is 2.73. The molecule has 0 aliphatic carbocycles. The van der Waals surface area contributed by atoms with Crippen LogP contribution in [0.25, 0.3) is 0 Å². The van der Waals surface area contributed by atoms with Gasteiger partial charge in [-0.05, 0) is 19.8 Å². The minimum absolute atomic E-state index is 0.0540. The van der Waals surface area contributed by atoms with Gasteiger partial charge in [-0.1, -0.05) is 0 Å². The van der Waals surface area contributed by atoms with Crippen LogP contribution in [0.3, 0.4) is 0 Å². The zero-order valence-electron chi connectivity index (χ0n) is 12.0. The molecule has 118 valence electrons. The lowest BCUT2D eigenvalue weighted by Gasteiger charge is -2.35. The van der Waals surface area contributed by atoms with Gasteiger partial charge in [0.1, 0.15) is 0 Å². The van der Waals surface area contributed by atoms with Crippen molar-refractivity contribution in [1.82, 2.24) is 9.88 Å². The largest absolute Gasteiger partial charge is 0.390 e. The molecule has 1 saturated heterocycles. The minimum atomic E-state index is -3.35. The molecule has 7 nitrogen and oxygen atoms in total. The number of carbonyl (C=O) groups is 1. The minimum Gasteiger partial charge on any atom is -0.390 e. The van der Waals surface area contributed by atoms with Gasteiger partial charge in [-0.3, -0.25) is 9.52 Å². The smallest absolute Gasteiger partial charge is 0.231 e. The second-order valence-electron chi connectivity index (χ2n) is 5.57. The van der Waals surface area contributed by atoms with Crippen molar-refractivity contribution < 1.29 is 18.3 Å². The Morgan fingerprint density at radius 1 is 1.52 bits per heavy atom. The summed E-state index contributed by atoms with van der Waals surface area (Å²) in [6, 6.07) is 0. The Morgan fingerprint density at radius 3 is 2.71 bits per heavy atom. The predicted molar refractivity (Wildman–Crippen MR) is 80.7 cm³/mol. The summed E-state index contributed by atoms with van der Waals surface area (Å²) in [5.74, 6) is -0.0540. The Bertz CT molecular complexity index is 614. The summed E-state index contributed by atoms with van der Waals surface area (Å²) in [4.78, 5) is 17.9. The third kappa shape index (κ3) is 4.94. The number of thiazole rings is 1. The number of likely N-dealkylation sites (tertiary alicyclic amines) is 1.